The summed E-state index contributed by atoms with van der Waals surface area (Å²) in [5.74, 6) is -0.618. The van der Waals surface area contributed by atoms with Crippen LogP contribution in [0.25, 0.3) is 16.9 Å². The highest BCUT2D eigenvalue weighted by atomic mass is 19.1. The Morgan fingerprint density at radius 1 is 1.00 bits per heavy atom. The fraction of sp³-hybridized carbons (Fsp3) is 0.292. The largest absolute Gasteiger partial charge is 0.450 e. The zero-order valence-electron chi connectivity index (χ0n) is 18.1. The molecule has 1 saturated heterocycles. The molecule has 0 aliphatic carbocycles. The maximum absolute atomic E-state index is 14.4. The normalized spacial score (nSPS) is 13.8. The number of piperazine rings is 1. The molecule has 3 aromatic rings. The first kappa shape index (κ1) is 21.5. The van der Waals surface area contributed by atoms with Gasteiger partial charge < -0.3 is 14.5 Å². The van der Waals surface area contributed by atoms with E-state index >= 15 is 0 Å². The first-order valence-electron chi connectivity index (χ1n) is 10.6. The third kappa shape index (κ3) is 4.34. The van der Waals surface area contributed by atoms with Crippen LogP contribution in [0.15, 0.2) is 54.6 Å². The predicted molar refractivity (Wildman–Crippen MR) is 118 cm³/mol. The minimum Gasteiger partial charge on any atom is -0.450 e. The van der Waals surface area contributed by atoms with Gasteiger partial charge in [-0.15, -0.1) is 0 Å². The van der Waals surface area contributed by atoms with E-state index < -0.39 is 5.82 Å². The third-order valence-electron chi connectivity index (χ3n) is 5.45. The van der Waals surface area contributed by atoms with E-state index in [2.05, 4.69) is 5.10 Å². The van der Waals surface area contributed by atoms with Crippen molar-refractivity contribution < 1.29 is 18.7 Å². The van der Waals surface area contributed by atoms with Gasteiger partial charge in [-0.1, -0.05) is 29.8 Å². The molecule has 0 saturated carbocycles. The summed E-state index contributed by atoms with van der Waals surface area (Å²) >= 11 is 0. The van der Waals surface area contributed by atoms with Gasteiger partial charge in [-0.3, -0.25) is 4.79 Å². The number of hydrogen-bond acceptors (Lipinski definition) is 4. The Bertz CT molecular complexity index is 1120. The number of carbonyl (C=O) groups excluding carboxylic acids is 2. The summed E-state index contributed by atoms with van der Waals surface area (Å²) in [4.78, 5) is 28.7. The quantitative estimate of drug-likeness (QED) is 0.622. The molecular formula is C24H25FN4O3. The number of benzene rings is 2. The minimum absolute atomic E-state index is 0.218. The number of aryl methyl sites for hydroxylation is 1. The fourth-order valence-corrected chi connectivity index (χ4v) is 3.69. The van der Waals surface area contributed by atoms with E-state index in [1.807, 2.05) is 31.2 Å². The molecule has 2 heterocycles. The summed E-state index contributed by atoms with van der Waals surface area (Å²) < 4.78 is 21.0. The molecule has 1 fully saturated rings. The summed E-state index contributed by atoms with van der Waals surface area (Å²) in [6.45, 7) is 5.60. The van der Waals surface area contributed by atoms with E-state index in [1.165, 1.54) is 6.07 Å². The number of amides is 2. The molecule has 0 spiro atoms. The molecule has 166 valence electrons. The fourth-order valence-electron chi connectivity index (χ4n) is 3.69. The Hall–Kier alpha value is -3.68. The summed E-state index contributed by atoms with van der Waals surface area (Å²) in [7, 11) is 0. The first-order chi connectivity index (χ1) is 15.5. The van der Waals surface area contributed by atoms with Crippen molar-refractivity contribution in [1.82, 2.24) is 19.6 Å². The van der Waals surface area contributed by atoms with Crippen molar-refractivity contribution in [3.8, 4) is 16.9 Å². The van der Waals surface area contributed by atoms with Gasteiger partial charge in [-0.05, 0) is 44.2 Å². The molecule has 0 N–H and O–H groups in total. The monoisotopic (exact) mass is 436 g/mol. The van der Waals surface area contributed by atoms with Gasteiger partial charge in [-0.25, -0.2) is 13.9 Å². The average Bonchev–Trinajstić information content (AvgIpc) is 3.25. The maximum Gasteiger partial charge on any atom is 0.409 e. The molecule has 0 radical (unpaired) electrons. The summed E-state index contributed by atoms with van der Waals surface area (Å²) in [6.07, 6.45) is -0.369. The van der Waals surface area contributed by atoms with E-state index in [0.717, 1.165) is 5.56 Å². The second-order valence-electron chi connectivity index (χ2n) is 7.62. The maximum atomic E-state index is 14.4. The van der Waals surface area contributed by atoms with Crippen molar-refractivity contribution in [2.75, 3.05) is 32.8 Å². The van der Waals surface area contributed by atoms with Crippen LogP contribution in [-0.4, -0.2) is 64.4 Å². The van der Waals surface area contributed by atoms with Gasteiger partial charge in [0.15, 0.2) is 0 Å². The Balaban J connectivity index is 1.65. The number of aromatic nitrogens is 2. The average molecular weight is 436 g/mol. The number of nitrogens with zero attached hydrogens (tertiary/aromatic N) is 4. The van der Waals surface area contributed by atoms with Crippen LogP contribution >= 0.6 is 0 Å². The molecule has 4 rings (SSSR count). The number of ether oxygens (including phenoxy) is 1. The van der Waals surface area contributed by atoms with Gasteiger partial charge in [0, 0.05) is 31.7 Å². The van der Waals surface area contributed by atoms with Gasteiger partial charge in [-0.2, -0.15) is 5.10 Å². The molecule has 1 aliphatic heterocycles. The van der Waals surface area contributed by atoms with Crippen molar-refractivity contribution in [3.05, 3.63) is 71.7 Å². The van der Waals surface area contributed by atoms with E-state index in [9.17, 15) is 14.0 Å². The lowest BCUT2D eigenvalue weighted by atomic mass is 10.1. The van der Waals surface area contributed by atoms with Crippen LogP contribution in [0.5, 0.6) is 0 Å². The van der Waals surface area contributed by atoms with Crippen LogP contribution in [-0.2, 0) is 4.74 Å². The SMILES string of the molecule is CCOC(=O)N1CCN(C(=O)c2cc(-c3ccccc3F)nn2-c2ccc(C)cc2)CC1. The van der Waals surface area contributed by atoms with Crippen molar-refractivity contribution in [2.24, 2.45) is 0 Å². The van der Waals surface area contributed by atoms with Crippen LogP contribution in [0.3, 0.4) is 0 Å². The number of carbonyl (C=O) groups is 2. The predicted octanol–water partition coefficient (Wildman–Crippen LogP) is 3.90. The summed E-state index contributed by atoms with van der Waals surface area (Å²) in [5.41, 5.74) is 2.86. The van der Waals surface area contributed by atoms with Gasteiger partial charge in [0.25, 0.3) is 5.91 Å². The van der Waals surface area contributed by atoms with Gasteiger partial charge in [0.2, 0.25) is 0 Å². The molecule has 0 bridgehead atoms. The van der Waals surface area contributed by atoms with Crippen LogP contribution in [0, 0.1) is 12.7 Å². The molecule has 7 nitrogen and oxygen atoms in total. The summed E-state index contributed by atoms with van der Waals surface area (Å²) in [5, 5.41) is 4.57. The van der Waals surface area contributed by atoms with Crippen LogP contribution in [0.4, 0.5) is 9.18 Å². The van der Waals surface area contributed by atoms with Crippen molar-refractivity contribution in [1.29, 1.82) is 0 Å². The lowest BCUT2D eigenvalue weighted by Gasteiger charge is -2.34. The van der Waals surface area contributed by atoms with Crippen molar-refractivity contribution >= 4 is 12.0 Å². The number of halogens is 1. The van der Waals surface area contributed by atoms with Crippen molar-refractivity contribution in [3.63, 3.8) is 0 Å². The lowest BCUT2D eigenvalue weighted by molar-refractivity contribution is 0.0563. The standard InChI is InChI=1S/C24H25FN4O3/c1-3-32-24(31)28-14-12-27(13-15-28)23(30)22-16-21(19-6-4-5-7-20(19)25)26-29(22)18-10-8-17(2)9-11-18/h4-11,16H,3,12-15H2,1-2H3. The molecule has 8 heteroatoms. The molecule has 0 unspecified atom stereocenters. The van der Waals surface area contributed by atoms with E-state index in [1.54, 1.807) is 45.7 Å². The second-order valence-corrected chi connectivity index (χ2v) is 7.62. The van der Waals surface area contributed by atoms with E-state index in [-0.39, 0.29) is 12.0 Å². The van der Waals surface area contributed by atoms with E-state index in [0.29, 0.717) is 55.4 Å². The zero-order chi connectivity index (χ0) is 22.7. The molecule has 0 atom stereocenters. The van der Waals surface area contributed by atoms with Crippen molar-refractivity contribution in [2.45, 2.75) is 13.8 Å². The molecular weight excluding hydrogens is 411 g/mol. The van der Waals surface area contributed by atoms with Crippen LogP contribution < -0.4 is 0 Å². The molecule has 2 amide bonds. The van der Waals surface area contributed by atoms with Crippen LogP contribution in [0.1, 0.15) is 23.0 Å². The minimum atomic E-state index is -0.400. The smallest absolute Gasteiger partial charge is 0.409 e. The van der Waals surface area contributed by atoms with E-state index in [4.69, 9.17) is 4.74 Å². The number of hydrogen-bond donors (Lipinski definition) is 0. The Morgan fingerprint density at radius 2 is 1.66 bits per heavy atom. The molecule has 32 heavy (non-hydrogen) atoms. The van der Waals surface area contributed by atoms with Gasteiger partial charge in [0.05, 0.1) is 18.0 Å². The molecule has 1 aromatic heterocycles. The van der Waals surface area contributed by atoms with Gasteiger partial charge in [0.1, 0.15) is 11.5 Å². The Kier molecular flexibility index (Phi) is 6.20. The molecule has 2 aromatic carbocycles. The second kappa shape index (κ2) is 9.21. The highest BCUT2D eigenvalue weighted by Crippen LogP contribution is 2.25. The summed E-state index contributed by atoms with van der Waals surface area (Å²) in [6, 6.07) is 15.6. The lowest BCUT2D eigenvalue weighted by Crippen LogP contribution is -2.51. The van der Waals surface area contributed by atoms with Gasteiger partial charge >= 0.3 is 6.09 Å². The Morgan fingerprint density at radius 3 is 2.31 bits per heavy atom. The Labute approximate surface area is 186 Å². The first-order valence-corrected chi connectivity index (χ1v) is 10.6. The number of rotatable bonds is 4. The highest BCUT2D eigenvalue weighted by Gasteiger charge is 2.28. The third-order valence-corrected chi connectivity index (χ3v) is 5.45. The van der Waals surface area contributed by atoms with Crippen LogP contribution in [0.2, 0.25) is 0 Å². The zero-order valence-corrected chi connectivity index (χ0v) is 18.1. The highest BCUT2D eigenvalue weighted by molar-refractivity contribution is 5.94. The topological polar surface area (TPSA) is 67.7 Å². The molecule has 1 aliphatic rings.